The topological polar surface area (TPSA) is 85.1 Å². The quantitative estimate of drug-likeness (QED) is 0.496. The Morgan fingerprint density at radius 3 is 2.42 bits per heavy atom. The highest BCUT2D eigenvalue weighted by atomic mass is 35.5. The summed E-state index contributed by atoms with van der Waals surface area (Å²) in [6, 6.07) is 12.2. The van der Waals surface area contributed by atoms with Crippen LogP contribution >= 0.6 is 11.6 Å². The Balaban J connectivity index is 1.45. The molecule has 1 fully saturated rings. The predicted octanol–water partition coefficient (Wildman–Crippen LogP) is 3.83. The van der Waals surface area contributed by atoms with Gasteiger partial charge in [-0.05, 0) is 37.3 Å². The van der Waals surface area contributed by atoms with Crippen LogP contribution in [0.4, 0.5) is 0 Å². The van der Waals surface area contributed by atoms with Crippen molar-refractivity contribution >= 4 is 21.6 Å². The maximum atomic E-state index is 13.2. The summed E-state index contributed by atoms with van der Waals surface area (Å²) in [6.07, 6.45) is 0. The summed E-state index contributed by atoms with van der Waals surface area (Å²) in [6.45, 7) is 4.30. The van der Waals surface area contributed by atoms with Gasteiger partial charge in [0.1, 0.15) is 22.2 Å². The van der Waals surface area contributed by atoms with Crippen molar-refractivity contribution in [1.29, 1.82) is 0 Å². The number of rotatable bonds is 7. The van der Waals surface area contributed by atoms with Crippen LogP contribution in [0.15, 0.2) is 51.8 Å². The Kier molecular flexibility index (Phi) is 6.94. The zero-order valence-corrected chi connectivity index (χ0v) is 20.3. The van der Waals surface area contributed by atoms with Crippen LogP contribution in [-0.4, -0.2) is 63.0 Å². The summed E-state index contributed by atoms with van der Waals surface area (Å²) in [5, 5.41) is 0.348. The third kappa shape index (κ3) is 4.86. The lowest BCUT2D eigenvalue weighted by molar-refractivity contribution is 0.179. The molecule has 0 atom stereocenters. The summed E-state index contributed by atoms with van der Waals surface area (Å²) in [5.41, 5.74) is 1.62. The molecule has 33 heavy (non-hydrogen) atoms. The molecule has 1 saturated heterocycles. The lowest BCUT2D eigenvalue weighted by Gasteiger charge is -2.33. The molecule has 176 valence electrons. The molecule has 8 nitrogen and oxygen atoms in total. The van der Waals surface area contributed by atoms with E-state index in [2.05, 4.69) is 9.88 Å². The Labute approximate surface area is 198 Å². The third-order valence-electron chi connectivity index (χ3n) is 5.68. The van der Waals surface area contributed by atoms with Crippen LogP contribution in [-0.2, 0) is 16.6 Å². The molecular formula is C23H26ClN3O5S. The number of aromatic nitrogens is 1. The number of piperazine rings is 1. The fourth-order valence-electron chi connectivity index (χ4n) is 3.84. The second-order valence-electron chi connectivity index (χ2n) is 7.70. The van der Waals surface area contributed by atoms with Crippen LogP contribution in [0.3, 0.4) is 0 Å². The molecule has 10 heteroatoms. The van der Waals surface area contributed by atoms with Crippen molar-refractivity contribution < 1.29 is 22.3 Å². The van der Waals surface area contributed by atoms with E-state index in [-0.39, 0.29) is 10.6 Å². The first-order valence-electron chi connectivity index (χ1n) is 10.5. The molecule has 0 unspecified atom stereocenters. The zero-order valence-electron chi connectivity index (χ0n) is 18.7. The van der Waals surface area contributed by atoms with Crippen LogP contribution in [0, 0.1) is 6.92 Å². The number of hydrogen-bond donors (Lipinski definition) is 0. The summed E-state index contributed by atoms with van der Waals surface area (Å²) in [4.78, 5) is 6.93. The average Bonchev–Trinajstić information content (AvgIpc) is 3.19. The molecule has 0 amide bonds. The minimum atomic E-state index is -3.72. The fourth-order valence-corrected chi connectivity index (χ4v) is 5.68. The molecule has 1 aliphatic heterocycles. The number of halogens is 1. The Morgan fingerprint density at radius 2 is 1.73 bits per heavy atom. The van der Waals surface area contributed by atoms with Crippen molar-refractivity contribution in [2.45, 2.75) is 18.4 Å². The highest BCUT2D eigenvalue weighted by Gasteiger charge is 2.31. The van der Waals surface area contributed by atoms with Crippen LogP contribution in [0.25, 0.3) is 11.5 Å². The molecule has 4 rings (SSSR count). The van der Waals surface area contributed by atoms with Gasteiger partial charge in [-0.2, -0.15) is 4.31 Å². The Hall–Kier alpha value is -2.59. The van der Waals surface area contributed by atoms with Gasteiger partial charge in [0.15, 0.2) is 0 Å². The Bertz CT molecular complexity index is 1240. The Morgan fingerprint density at radius 1 is 1.03 bits per heavy atom. The summed E-state index contributed by atoms with van der Waals surface area (Å²) >= 11 is 6.04. The maximum Gasteiger partial charge on any atom is 0.246 e. The first-order valence-corrected chi connectivity index (χ1v) is 12.3. The number of sulfonamides is 1. The van der Waals surface area contributed by atoms with Gasteiger partial charge in [0, 0.05) is 37.7 Å². The van der Waals surface area contributed by atoms with Crippen LogP contribution in [0.5, 0.6) is 11.5 Å². The lowest BCUT2D eigenvalue weighted by Crippen LogP contribution is -2.48. The van der Waals surface area contributed by atoms with E-state index in [1.165, 1.54) is 17.5 Å². The number of nitrogens with zero attached hydrogens (tertiary/aromatic N) is 3. The molecule has 2 aromatic carbocycles. The summed E-state index contributed by atoms with van der Waals surface area (Å²) in [7, 11) is -0.665. The fraction of sp³-hybridized carbons (Fsp3) is 0.348. The molecule has 1 aromatic heterocycles. The highest BCUT2D eigenvalue weighted by molar-refractivity contribution is 7.89. The van der Waals surface area contributed by atoms with E-state index in [9.17, 15) is 8.42 Å². The second kappa shape index (κ2) is 9.72. The highest BCUT2D eigenvalue weighted by Crippen LogP contribution is 2.32. The van der Waals surface area contributed by atoms with E-state index in [1.807, 2.05) is 31.2 Å². The van der Waals surface area contributed by atoms with Crippen molar-refractivity contribution in [3.05, 3.63) is 58.9 Å². The number of benzene rings is 2. The van der Waals surface area contributed by atoms with Gasteiger partial charge in [-0.25, -0.2) is 13.4 Å². The van der Waals surface area contributed by atoms with Crippen LogP contribution in [0.1, 0.15) is 11.5 Å². The van der Waals surface area contributed by atoms with E-state index >= 15 is 0 Å². The van der Waals surface area contributed by atoms with Crippen molar-refractivity contribution in [2.75, 3.05) is 40.4 Å². The smallest absolute Gasteiger partial charge is 0.246 e. The predicted molar refractivity (Wildman–Crippen MR) is 125 cm³/mol. The monoisotopic (exact) mass is 491 g/mol. The van der Waals surface area contributed by atoms with E-state index in [0.717, 1.165) is 17.0 Å². The van der Waals surface area contributed by atoms with E-state index < -0.39 is 10.0 Å². The van der Waals surface area contributed by atoms with Gasteiger partial charge < -0.3 is 13.9 Å². The molecule has 0 aliphatic carbocycles. The summed E-state index contributed by atoms with van der Waals surface area (Å²) < 4.78 is 44.4. The second-order valence-corrected chi connectivity index (χ2v) is 10.0. The number of para-hydroxylation sites is 1. The van der Waals surface area contributed by atoms with Gasteiger partial charge >= 0.3 is 0 Å². The van der Waals surface area contributed by atoms with Crippen LogP contribution < -0.4 is 9.47 Å². The molecule has 0 bridgehead atoms. The van der Waals surface area contributed by atoms with Gasteiger partial charge in [-0.15, -0.1) is 0 Å². The van der Waals surface area contributed by atoms with E-state index in [1.54, 1.807) is 19.2 Å². The summed E-state index contributed by atoms with van der Waals surface area (Å²) in [5.74, 6) is 2.22. The standard InChI is InChI=1S/C23H26ClN3O5S/c1-16-19(25-23(32-16)18-6-4-5-7-20(18)30-2)15-26-10-12-27(13-11-26)33(28,29)22-14-17(24)8-9-21(22)31-3/h4-9,14H,10-13,15H2,1-3H3. The van der Waals surface area contributed by atoms with Crippen molar-refractivity contribution in [3.8, 4) is 23.0 Å². The number of oxazole rings is 1. The van der Waals surface area contributed by atoms with E-state index in [4.69, 9.17) is 25.5 Å². The molecule has 0 saturated carbocycles. The van der Waals surface area contributed by atoms with Gasteiger partial charge in [-0.1, -0.05) is 23.7 Å². The van der Waals surface area contributed by atoms with Crippen molar-refractivity contribution in [1.82, 2.24) is 14.2 Å². The minimum absolute atomic E-state index is 0.0831. The minimum Gasteiger partial charge on any atom is -0.496 e. The molecule has 0 spiro atoms. The average molecular weight is 492 g/mol. The first kappa shape index (κ1) is 23.6. The third-order valence-corrected chi connectivity index (χ3v) is 7.83. The molecule has 2 heterocycles. The van der Waals surface area contributed by atoms with Crippen molar-refractivity contribution in [3.63, 3.8) is 0 Å². The molecule has 3 aromatic rings. The van der Waals surface area contributed by atoms with Gasteiger partial charge in [0.05, 0.1) is 25.5 Å². The largest absolute Gasteiger partial charge is 0.496 e. The number of ether oxygens (including phenoxy) is 2. The number of methoxy groups -OCH3 is 2. The van der Waals surface area contributed by atoms with Gasteiger partial charge in [0.2, 0.25) is 15.9 Å². The van der Waals surface area contributed by atoms with E-state index in [0.29, 0.717) is 49.4 Å². The maximum absolute atomic E-state index is 13.2. The molecule has 1 aliphatic rings. The first-order chi connectivity index (χ1) is 15.8. The normalized spacial score (nSPS) is 15.5. The van der Waals surface area contributed by atoms with Gasteiger partial charge in [-0.3, -0.25) is 4.90 Å². The molecule has 0 N–H and O–H groups in total. The lowest BCUT2D eigenvalue weighted by atomic mass is 10.2. The zero-order chi connectivity index (χ0) is 23.6. The van der Waals surface area contributed by atoms with Crippen LogP contribution in [0.2, 0.25) is 5.02 Å². The van der Waals surface area contributed by atoms with Crippen molar-refractivity contribution in [2.24, 2.45) is 0 Å². The SMILES string of the molecule is COc1ccccc1-c1nc(CN2CCN(S(=O)(=O)c3cc(Cl)ccc3OC)CC2)c(C)o1. The number of hydrogen-bond acceptors (Lipinski definition) is 7. The van der Waals surface area contributed by atoms with Gasteiger partial charge in [0.25, 0.3) is 0 Å². The molecule has 0 radical (unpaired) electrons. The number of aryl methyl sites for hydroxylation is 1. The molecular weight excluding hydrogens is 466 g/mol.